The van der Waals surface area contributed by atoms with Gasteiger partial charge in [-0.1, -0.05) is 50.8 Å². The van der Waals surface area contributed by atoms with E-state index in [2.05, 4.69) is 27.9 Å². The fraction of sp³-hybridized carbons (Fsp3) is 0.485. The van der Waals surface area contributed by atoms with E-state index in [1.807, 2.05) is 53.2 Å². The van der Waals surface area contributed by atoms with Gasteiger partial charge in [-0.2, -0.15) is 11.8 Å². The number of aliphatic carboxylic acids is 2. The molecule has 1 amide bonds. The summed E-state index contributed by atoms with van der Waals surface area (Å²) in [4.78, 5) is 39.0. The van der Waals surface area contributed by atoms with E-state index in [0.29, 0.717) is 19.3 Å². The highest BCUT2D eigenvalue weighted by Crippen LogP contribution is 2.39. The lowest BCUT2D eigenvalue weighted by Crippen LogP contribution is -2.31. The van der Waals surface area contributed by atoms with Crippen molar-refractivity contribution in [2.75, 3.05) is 0 Å². The summed E-state index contributed by atoms with van der Waals surface area (Å²) in [6.07, 6.45) is 7.32. The number of hydrogen-bond acceptors (Lipinski definition) is 6. The van der Waals surface area contributed by atoms with Crippen LogP contribution in [-0.2, 0) is 20.8 Å². The van der Waals surface area contributed by atoms with Crippen LogP contribution < -0.4 is 20.9 Å². The molecule has 234 valence electrons. The molecule has 1 aromatic rings. The Balaban J connectivity index is 1.72. The Labute approximate surface area is 253 Å². The van der Waals surface area contributed by atoms with Crippen LogP contribution in [0.15, 0.2) is 33.8 Å². The minimum atomic E-state index is -0.899. The van der Waals surface area contributed by atoms with Crippen LogP contribution in [0.1, 0.15) is 89.2 Å². The van der Waals surface area contributed by atoms with Gasteiger partial charge in [0.15, 0.2) is 0 Å². The van der Waals surface area contributed by atoms with E-state index >= 15 is 0 Å². The van der Waals surface area contributed by atoms with E-state index in [4.69, 9.17) is 0 Å². The smallest absolute Gasteiger partial charge is 0.303 e. The molecule has 10 heteroatoms. The average Bonchev–Trinajstić information content (AvgIpc) is 3.59. The summed E-state index contributed by atoms with van der Waals surface area (Å²) >= 11 is 0. The number of carbonyl (C=O) groups excluding carboxylic acids is 1. The van der Waals surface area contributed by atoms with Crippen LogP contribution in [0.2, 0.25) is 0 Å². The molecule has 10 nitrogen and oxygen atoms in total. The van der Waals surface area contributed by atoms with E-state index in [1.165, 1.54) is 0 Å². The number of aromatic amines is 1. The van der Waals surface area contributed by atoms with Crippen molar-refractivity contribution in [2.24, 2.45) is 11.8 Å². The molecule has 0 aliphatic carbocycles. The molecule has 2 unspecified atom stereocenters. The molecule has 0 radical (unpaired) electrons. The number of amides is 1. The second kappa shape index (κ2) is 13.1. The molecular formula is C33H44N4O6-2. The van der Waals surface area contributed by atoms with E-state index in [9.17, 15) is 29.7 Å². The van der Waals surface area contributed by atoms with Gasteiger partial charge in [0.1, 0.15) is 6.23 Å². The SMILES string of the molecule is CCC1=C(C)C([CH-]C2=C(C)[C-](CCC(=O)O)/C(=C/[c-]3[nH+]c(/C=C4\NC(O)[C@H](C)[C@H]4CC)c(C)c3CCC(=O)O)N2)NC1=O. The van der Waals surface area contributed by atoms with Crippen molar-refractivity contribution in [1.82, 2.24) is 16.0 Å². The summed E-state index contributed by atoms with van der Waals surface area (Å²) in [7, 11) is 0. The first-order chi connectivity index (χ1) is 20.4. The van der Waals surface area contributed by atoms with Gasteiger partial charge < -0.3 is 36.3 Å². The van der Waals surface area contributed by atoms with Gasteiger partial charge in [-0.15, -0.1) is 6.92 Å². The monoisotopic (exact) mass is 592 g/mol. The minimum absolute atomic E-state index is 0.0392. The van der Waals surface area contributed by atoms with Crippen molar-refractivity contribution in [3.05, 3.63) is 68.7 Å². The fourth-order valence-electron chi connectivity index (χ4n) is 6.45. The van der Waals surface area contributed by atoms with Crippen LogP contribution in [0.3, 0.4) is 0 Å². The summed E-state index contributed by atoms with van der Waals surface area (Å²) in [5.74, 6) is -0.777. The number of allylic oxidation sites excluding steroid dienone is 2. The third kappa shape index (κ3) is 6.64. The number of nitrogens with one attached hydrogen (secondary N) is 4. The lowest BCUT2D eigenvalue weighted by Gasteiger charge is -2.30. The molecule has 0 bridgehead atoms. The third-order valence-electron chi connectivity index (χ3n) is 9.15. The molecule has 43 heavy (non-hydrogen) atoms. The molecule has 1 fully saturated rings. The molecule has 0 spiro atoms. The second-order valence-electron chi connectivity index (χ2n) is 11.7. The zero-order valence-corrected chi connectivity index (χ0v) is 25.9. The van der Waals surface area contributed by atoms with Crippen molar-refractivity contribution >= 4 is 30.0 Å². The fourth-order valence-corrected chi connectivity index (χ4v) is 6.45. The number of H-pyrrole nitrogens is 1. The molecule has 1 aromatic heterocycles. The maximum Gasteiger partial charge on any atom is 0.303 e. The standard InChI is InChI=1S/C33H44N4O6/c1-7-20-19(6)32(42)37-27(20)14-25-18(5)23(10-12-31(40)41)29(35-25)15-28-22(9-11-30(38)39)17(4)24(34-28)13-26-16(3)21(8-2)33(43)36-26/h13-15,19-20,26,32,34-35,37,42H,7-12H2,1-6H3,(H,36,43)(H,38,39)(H,40,41)/q-2/b27-14-,28-15-/t19-,20-,26?,32?/m1/s1. The van der Waals surface area contributed by atoms with Gasteiger partial charge in [-0.3, -0.25) is 25.9 Å². The van der Waals surface area contributed by atoms with Crippen molar-refractivity contribution in [3.63, 3.8) is 0 Å². The maximum atomic E-state index is 12.4. The molecule has 4 atom stereocenters. The Morgan fingerprint density at radius 3 is 2.40 bits per heavy atom. The molecule has 1 saturated heterocycles. The van der Waals surface area contributed by atoms with Crippen molar-refractivity contribution < 1.29 is 34.7 Å². The summed E-state index contributed by atoms with van der Waals surface area (Å²) in [5.41, 5.74) is 8.49. The normalized spacial score (nSPS) is 25.6. The number of aliphatic hydroxyl groups excluding tert-OH is 1. The molecule has 0 aromatic carbocycles. The van der Waals surface area contributed by atoms with Crippen LogP contribution in [-0.4, -0.2) is 45.4 Å². The van der Waals surface area contributed by atoms with E-state index in [1.54, 1.807) is 0 Å². The van der Waals surface area contributed by atoms with E-state index in [-0.39, 0.29) is 36.6 Å². The number of rotatable bonds is 12. The molecule has 3 aliphatic heterocycles. The zero-order chi connectivity index (χ0) is 31.6. The van der Waals surface area contributed by atoms with Crippen LogP contribution in [0.4, 0.5) is 0 Å². The summed E-state index contributed by atoms with van der Waals surface area (Å²) in [6.45, 7) is 11.9. The average molecular weight is 593 g/mol. The first-order valence-corrected chi connectivity index (χ1v) is 15.1. The Bertz CT molecular complexity index is 1410. The van der Waals surface area contributed by atoms with Crippen molar-refractivity contribution in [2.45, 2.75) is 92.3 Å². The van der Waals surface area contributed by atoms with Crippen LogP contribution in [0.25, 0.3) is 12.2 Å². The van der Waals surface area contributed by atoms with Crippen molar-refractivity contribution in [1.29, 1.82) is 0 Å². The highest BCUT2D eigenvalue weighted by Gasteiger charge is 2.34. The zero-order valence-electron chi connectivity index (χ0n) is 25.9. The number of carbonyl (C=O) groups is 3. The first-order valence-electron chi connectivity index (χ1n) is 15.1. The third-order valence-corrected chi connectivity index (χ3v) is 9.15. The quantitative estimate of drug-likeness (QED) is 0.201. The van der Waals surface area contributed by atoms with Crippen LogP contribution >= 0.6 is 0 Å². The number of carboxylic acids is 2. The Morgan fingerprint density at radius 2 is 1.79 bits per heavy atom. The van der Waals surface area contributed by atoms with Gasteiger partial charge in [0.2, 0.25) is 5.91 Å². The van der Waals surface area contributed by atoms with Gasteiger partial charge in [0.05, 0.1) is 11.4 Å². The number of carboxylic acid groups (broad SMARTS) is 2. The Hall–Kier alpha value is -4.05. The molecule has 7 N–H and O–H groups in total. The molecule has 4 heterocycles. The van der Waals surface area contributed by atoms with Crippen LogP contribution in [0.5, 0.6) is 0 Å². The van der Waals surface area contributed by atoms with Gasteiger partial charge in [-0.25, -0.2) is 12.1 Å². The van der Waals surface area contributed by atoms with Crippen molar-refractivity contribution in [3.8, 4) is 0 Å². The number of aliphatic hydroxyl groups is 1. The van der Waals surface area contributed by atoms with E-state index in [0.717, 1.165) is 68.7 Å². The van der Waals surface area contributed by atoms with Gasteiger partial charge in [-0.05, 0) is 38.3 Å². The van der Waals surface area contributed by atoms with Gasteiger partial charge in [0.25, 0.3) is 0 Å². The largest absolute Gasteiger partial charge is 0.500 e. The summed E-state index contributed by atoms with van der Waals surface area (Å²) < 4.78 is 0. The topological polar surface area (TPSA) is 162 Å². The lowest BCUT2D eigenvalue weighted by atomic mass is 9.91. The minimum Gasteiger partial charge on any atom is -0.500 e. The maximum absolute atomic E-state index is 12.4. The van der Waals surface area contributed by atoms with E-state index < -0.39 is 18.2 Å². The number of hydrogen-bond donors (Lipinski definition) is 6. The Morgan fingerprint density at radius 1 is 1.09 bits per heavy atom. The molecular weight excluding hydrogens is 548 g/mol. The predicted octanol–water partition coefficient (Wildman–Crippen LogP) is 3.56. The van der Waals surface area contributed by atoms with Crippen LogP contribution in [0, 0.1) is 31.1 Å². The Kier molecular flexibility index (Phi) is 9.69. The summed E-state index contributed by atoms with van der Waals surface area (Å²) in [5, 5.41) is 39.0. The molecule has 4 rings (SSSR count). The lowest BCUT2D eigenvalue weighted by molar-refractivity contribution is -0.379. The molecule has 3 aliphatic rings. The highest BCUT2D eigenvalue weighted by atomic mass is 16.4. The first kappa shape index (κ1) is 31.9. The molecule has 0 saturated carbocycles. The predicted molar refractivity (Wildman–Crippen MR) is 162 cm³/mol. The van der Waals surface area contributed by atoms with Gasteiger partial charge in [0, 0.05) is 35.9 Å². The van der Waals surface area contributed by atoms with Gasteiger partial charge >= 0.3 is 11.9 Å². The second-order valence-corrected chi connectivity index (χ2v) is 11.7. The number of aromatic nitrogens is 1. The highest BCUT2D eigenvalue weighted by molar-refractivity contribution is 5.97. The summed E-state index contributed by atoms with van der Waals surface area (Å²) in [6, 6.07) is -0.264.